The lowest BCUT2D eigenvalue weighted by Gasteiger charge is -2.39. The van der Waals surface area contributed by atoms with Crippen LogP contribution in [0.5, 0.6) is 0 Å². The molecule has 0 spiro atoms. The molecule has 1 aromatic carbocycles. The summed E-state index contributed by atoms with van der Waals surface area (Å²) in [4.78, 5) is 42.2. The van der Waals surface area contributed by atoms with Gasteiger partial charge in [-0.2, -0.15) is 0 Å². The largest absolute Gasteiger partial charge is 0.466 e. The monoisotopic (exact) mass is 523 g/mol. The van der Waals surface area contributed by atoms with Gasteiger partial charge in [-0.15, -0.1) is 6.58 Å². The molecule has 2 heterocycles. The first-order valence-corrected chi connectivity index (χ1v) is 12.5. The van der Waals surface area contributed by atoms with Crippen LogP contribution in [0.1, 0.15) is 38.3 Å². The Morgan fingerprint density at radius 2 is 1.83 bits per heavy atom. The Labute approximate surface area is 215 Å². The van der Waals surface area contributed by atoms with Crippen LogP contribution in [-0.4, -0.2) is 67.2 Å². The van der Waals surface area contributed by atoms with Gasteiger partial charge in [-0.1, -0.05) is 35.3 Å². The molecule has 1 N–H and O–H groups in total. The topological polar surface area (TPSA) is 88.2 Å². The first-order valence-electron chi connectivity index (χ1n) is 11.7. The number of amides is 2. The number of hydrogen-bond donors (Lipinski definition) is 1. The van der Waals surface area contributed by atoms with E-state index in [0.717, 1.165) is 0 Å². The Kier molecular flexibility index (Phi) is 9.60. The van der Waals surface area contributed by atoms with Crippen molar-refractivity contribution in [2.45, 2.75) is 32.7 Å². The van der Waals surface area contributed by atoms with Crippen molar-refractivity contribution in [1.29, 1.82) is 0 Å². The van der Waals surface area contributed by atoms with Gasteiger partial charge in [0, 0.05) is 18.8 Å². The van der Waals surface area contributed by atoms with Crippen LogP contribution in [0.2, 0.25) is 10.0 Å². The van der Waals surface area contributed by atoms with Gasteiger partial charge in [0.25, 0.3) is 0 Å². The molecule has 0 unspecified atom stereocenters. The van der Waals surface area contributed by atoms with E-state index in [2.05, 4.69) is 16.8 Å². The van der Waals surface area contributed by atoms with Gasteiger partial charge in [0.1, 0.15) is 0 Å². The molecule has 2 amide bonds. The molecule has 190 valence electrons. The maximum absolute atomic E-state index is 13.2. The number of hydrogen-bond acceptors (Lipinski definition) is 6. The zero-order valence-corrected chi connectivity index (χ0v) is 21.5. The lowest BCUT2D eigenvalue weighted by Crippen LogP contribution is -2.51. The number of esters is 2. The summed E-state index contributed by atoms with van der Waals surface area (Å²) >= 11 is 12.3. The summed E-state index contributed by atoms with van der Waals surface area (Å²) in [6.45, 7) is 9.65. The van der Waals surface area contributed by atoms with Gasteiger partial charge in [0.2, 0.25) is 0 Å². The number of benzene rings is 1. The number of halogens is 2. The van der Waals surface area contributed by atoms with E-state index in [0.29, 0.717) is 66.0 Å². The molecule has 0 bridgehead atoms. The summed E-state index contributed by atoms with van der Waals surface area (Å²) in [5, 5.41) is 3.60. The molecule has 8 nitrogen and oxygen atoms in total. The quantitative estimate of drug-likeness (QED) is 0.382. The highest BCUT2D eigenvalue weighted by atomic mass is 35.5. The van der Waals surface area contributed by atoms with Crippen LogP contribution in [-0.2, 0) is 19.1 Å². The summed E-state index contributed by atoms with van der Waals surface area (Å²) in [5.41, 5.74) is 1.49. The third-order valence-electron chi connectivity index (χ3n) is 6.10. The van der Waals surface area contributed by atoms with Gasteiger partial charge in [-0.3, -0.25) is 14.6 Å². The van der Waals surface area contributed by atoms with Gasteiger partial charge in [-0.05, 0) is 57.5 Å². The van der Waals surface area contributed by atoms with E-state index in [-0.39, 0.29) is 31.1 Å². The zero-order valence-electron chi connectivity index (χ0n) is 20.0. The summed E-state index contributed by atoms with van der Waals surface area (Å²) in [6.07, 6.45) is 2.89. The standard InChI is InChI=1S/C25H31Cl2N3O5/c1-4-11-30-20(15-29-12-9-16(10-13-29)23(31)34-5-2)21(24(32)35-6-3)22(28-25(30)33)17-7-8-18(26)19(27)14-17/h4,7-8,14,16,22H,1,5-6,9-13,15H2,2-3H3,(H,28,33)/t22-/m1/s1. The van der Waals surface area contributed by atoms with Crippen molar-refractivity contribution < 1.29 is 23.9 Å². The summed E-state index contributed by atoms with van der Waals surface area (Å²) < 4.78 is 10.6. The molecule has 1 atom stereocenters. The average molecular weight is 524 g/mol. The third-order valence-corrected chi connectivity index (χ3v) is 6.84. The first-order chi connectivity index (χ1) is 16.8. The van der Waals surface area contributed by atoms with Crippen LogP contribution < -0.4 is 5.32 Å². The maximum Gasteiger partial charge on any atom is 0.338 e. The SMILES string of the molecule is C=CCN1C(=O)N[C@H](c2ccc(Cl)c(Cl)c2)C(C(=O)OCC)=C1CN1CCC(C(=O)OCC)CC1. The molecule has 0 radical (unpaired) electrons. The van der Waals surface area contributed by atoms with E-state index in [9.17, 15) is 14.4 Å². The van der Waals surface area contributed by atoms with Crippen molar-refractivity contribution in [2.75, 3.05) is 39.4 Å². The normalized spacial score (nSPS) is 19.4. The molecular formula is C25H31Cl2N3O5. The highest BCUT2D eigenvalue weighted by Gasteiger charge is 2.39. The van der Waals surface area contributed by atoms with E-state index >= 15 is 0 Å². The van der Waals surface area contributed by atoms with Crippen molar-refractivity contribution >= 4 is 41.2 Å². The first kappa shape index (κ1) is 27.0. The molecule has 1 fully saturated rings. The Bertz CT molecular complexity index is 1000. The second kappa shape index (κ2) is 12.4. The van der Waals surface area contributed by atoms with Crippen LogP contribution in [0.25, 0.3) is 0 Å². The van der Waals surface area contributed by atoms with Crippen molar-refractivity contribution in [1.82, 2.24) is 15.1 Å². The molecule has 10 heteroatoms. The lowest BCUT2D eigenvalue weighted by molar-refractivity contribution is -0.149. The zero-order chi connectivity index (χ0) is 25.5. The molecule has 1 aromatic rings. The third kappa shape index (κ3) is 6.37. The van der Waals surface area contributed by atoms with Crippen molar-refractivity contribution in [3.8, 4) is 0 Å². The number of ether oxygens (including phenoxy) is 2. The summed E-state index contributed by atoms with van der Waals surface area (Å²) in [7, 11) is 0. The van der Waals surface area contributed by atoms with Crippen molar-refractivity contribution in [3.05, 3.63) is 57.7 Å². The van der Waals surface area contributed by atoms with E-state index in [4.69, 9.17) is 32.7 Å². The van der Waals surface area contributed by atoms with Gasteiger partial charge in [0.05, 0.1) is 40.8 Å². The lowest BCUT2D eigenvalue weighted by atomic mass is 9.93. The summed E-state index contributed by atoms with van der Waals surface area (Å²) in [6, 6.07) is 3.88. The Hall–Kier alpha value is -2.55. The Morgan fingerprint density at radius 3 is 2.43 bits per heavy atom. The van der Waals surface area contributed by atoms with E-state index in [1.54, 1.807) is 38.1 Å². The highest BCUT2D eigenvalue weighted by Crippen LogP contribution is 2.35. The molecule has 0 aromatic heterocycles. The number of carbonyl (C=O) groups is 3. The van der Waals surface area contributed by atoms with E-state index in [1.807, 2.05) is 0 Å². The second-order valence-corrected chi connectivity index (χ2v) is 9.15. The van der Waals surface area contributed by atoms with Gasteiger partial charge in [-0.25, -0.2) is 9.59 Å². The van der Waals surface area contributed by atoms with Crippen molar-refractivity contribution in [2.24, 2.45) is 5.92 Å². The molecule has 0 aliphatic carbocycles. The fourth-order valence-electron chi connectivity index (χ4n) is 4.39. The minimum Gasteiger partial charge on any atom is -0.466 e. The van der Waals surface area contributed by atoms with Gasteiger partial charge in [0.15, 0.2) is 0 Å². The Morgan fingerprint density at radius 1 is 1.14 bits per heavy atom. The fraction of sp³-hybridized carbons (Fsp3) is 0.480. The molecule has 2 aliphatic rings. The van der Waals surface area contributed by atoms with Crippen molar-refractivity contribution in [3.63, 3.8) is 0 Å². The molecule has 3 rings (SSSR count). The van der Waals surface area contributed by atoms with Crippen LogP contribution in [0, 0.1) is 5.92 Å². The predicted octanol–water partition coefficient (Wildman–Crippen LogP) is 4.34. The van der Waals surface area contributed by atoms with E-state index < -0.39 is 12.0 Å². The number of likely N-dealkylation sites (tertiary alicyclic amines) is 1. The Balaban J connectivity index is 1.98. The number of nitrogens with one attached hydrogen (secondary N) is 1. The molecular weight excluding hydrogens is 493 g/mol. The molecule has 35 heavy (non-hydrogen) atoms. The number of carbonyl (C=O) groups excluding carboxylic acids is 3. The molecule has 0 saturated carbocycles. The predicted molar refractivity (Wildman–Crippen MR) is 134 cm³/mol. The number of nitrogens with zero attached hydrogens (tertiary/aromatic N) is 2. The molecule has 1 saturated heterocycles. The minimum absolute atomic E-state index is 0.146. The van der Waals surface area contributed by atoms with Crippen LogP contribution >= 0.6 is 23.2 Å². The van der Waals surface area contributed by atoms with Crippen LogP contribution in [0.4, 0.5) is 4.79 Å². The maximum atomic E-state index is 13.2. The fourth-order valence-corrected chi connectivity index (χ4v) is 4.69. The number of piperidine rings is 1. The van der Waals surface area contributed by atoms with Crippen LogP contribution in [0.15, 0.2) is 42.1 Å². The van der Waals surface area contributed by atoms with Crippen LogP contribution in [0.3, 0.4) is 0 Å². The number of rotatable bonds is 9. The van der Waals surface area contributed by atoms with E-state index in [1.165, 1.54) is 4.90 Å². The minimum atomic E-state index is -0.760. The second-order valence-electron chi connectivity index (χ2n) is 8.34. The smallest absolute Gasteiger partial charge is 0.338 e. The van der Waals surface area contributed by atoms with Gasteiger partial charge < -0.3 is 14.8 Å². The average Bonchev–Trinajstić information content (AvgIpc) is 2.83. The van der Waals surface area contributed by atoms with Gasteiger partial charge >= 0.3 is 18.0 Å². The molecule has 2 aliphatic heterocycles. The summed E-state index contributed by atoms with van der Waals surface area (Å²) in [5.74, 6) is -0.842. The number of urea groups is 1. The highest BCUT2D eigenvalue weighted by molar-refractivity contribution is 6.42.